The van der Waals surface area contributed by atoms with Crippen LogP contribution >= 0.6 is 0 Å². The second kappa shape index (κ2) is 5.85. The van der Waals surface area contributed by atoms with Crippen molar-refractivity contribution in [3.05, 3.63) is 18.0 Å². The number of hydrogen-bond acceptors (Lipinski definition) is 3. The summed E-state index contributed by atoms with van der Waals surface area (Å²) in [5.41, 5.74) is 1.22. The Morgan fingerprint density at radius 3 is 2.83 bits per heavy atom. The summed E-state index contributed by atoms with van der Waals surface area (Å²) in [6.07, 6.45) is 5.43. The number of nitrogens with one attached hydrogen (secondary N) is 1. The number of rotatable bonds is 5. The van der Waals surface area contributed by atoms with Gasteiger partial charge in [-0.25, -0.2) is 0 Å². The van der Waals surface area contributed by atoms with E-state index in [9.17, 15) is 0 Å². The molecule has 1 aromatic rings. The molecule has 0 aliphatic carbocycles. The first-order chi connectivity index (χ1) is 8.58. The van der Waals surface area contributed by atoms with Crippen molar-refractivity contribution >= 4 is 0 Å². The third-order valence-corrected chi connectivity index (χ3v) is 3.48. The van der Waals surface area contributed by atoms with Crippen molar-refractivity contribution in [2.24, 2.45) is 5.92 Å². The van der Waals surface area contributed by atoms with E-state index in [1.165, 1.54) is 5.56 Å². The molecule has 4 heteroatoms. The van der Waals surface area contributed by atoms with Gasteiger partial charge in [0.1, 0.15) is 0 Å². The highest BCUT2D eigenvalue weighted by atomic mass is 16.5. The minimum Gasteiger partial charge on any atom is -0.373 e. The van der Waals surface area contributed by atoms with Crippen LogP contribution in [0.1, 0.15) is 51.8 Å². The zero-order valence-corrected chi connectivity index (χ0v) is 11.9. The van der Waals surface area contributed by atoms with Crippen LogP contribution in [0.25, 0.3) is 0 Å². The van der Waals surface area contributed by atoms with Crippen LogP contribution in [0.2, 0.25) is 0 Å². The van der Waals surface area contributed by atoms with Crippen LogP contribution < -0.4 is 5.32 Å². The minimum absolute atomic E-state index is 0.212. The minimum atomic E-state index is 0.212. The summed E-state index contributed by atoms with van der Waals surface area (Å²) in [5.74, 6) is 0.567. The standard InChI is InChI=1S/C14H25N3O/c1-10(2)15-7-12-5-6-18-14(12)13-8-16-17(9-13)11(3)4/h8-12,14-15H,5-7H2,1-4H3. The molecule has 0 amide bonds. The molecule has 2 heterocycles. The van der Waals surface area contributed by atoms with Gasteiger partial charge < -0.3 is 10.1 Å². The van der Waals surface area contributed by atoms with Gasteiger partial charge in [-0.15, -0.1) is 0 Å². The van der Waals surface area contributed by atoms with Gasteiger partial charge in [-0.3, -0.25) is 4.68 Å². The highest BCUT2D eigenvalue weighted by molar-refractivity contribution is 5.11. The lowest BCUT2D eigenvalue weighted by Gasteiger charge is -2.19. The van der Waals surface area contributed by atoms with Gasteiger partial charge >= 0.3 is 0 Å². The summed E-state index contributed by atoms with van der Waals surface area (Å²) in [4.78, 5) is 0. The Bertz CT molecular complexity index is 373. The van der Waals surface area contributed by atoms with Crippen LogP contribution in [0.4, 0.5) is 0 Å². The summed E-state index contributed by atoms with van der Waals surface area (Å²) in [7, 11) is 0. The lowest BCUT2D eigenvalue weighted by molar-refractivity contribution is 0.0900. The number of hydrogen-bond donors (Lipinski definition) is 1. The van der Waals surface area contributed by atoms with E-state index in [0.29, 0.717) is 18.0 Å². The molecule has 0 spiro atoms. The first-order valence-corrected chi connectivity index (χ1v) is 6.97. The van der Waals surface area contributed by atoms with E-state index in [0.717, 1.165) is 19.6 Å². The summed E-state index contributed by atoms with van der Waals surface area (Å²) >= 11 is 0. The fraction of sp³-hybridized carbons (Fsp3) is 0.786. The summed E-state index contributed by atoms with van der Waals surface area (Å²) in [5, 5.41) is 7.92. The van der Waals surface area contributed by atoms with Crippen molar-refractivity contribution < 1.29 is 4.74 Å². The molecule has 0 bridgehead atoms. The molecule has 1 aromatic heterocycles. The van der Waals surface area contributed by atoms with Crippen molar-refractivity contribution in [2.75, 3.05) is 13.2 Å². The van der Waals surface area contributed by atoms with Gasteiger partial charge in [0.25, 0.3) is 0 Å². The monoisotopic (exact) mass is 251 g/mol. The predicted molar refractivity (Wildman–Crippen MR) is 72.6 cm³/mol. The Labute approximate surface area is 110 Å². The van der Waals surface area contributed by atoms with Gasteiger partial charge in [0, 0.05) is 42.9 Å². The molecule has 1 saturated heterocycles. The van der Waals surface area contributed by atoms with Crippen molar-refractivity contribution in [1.29, 1.82) is 0 Å². The molecule has 0 saturated carbocycles. The van der Waals surface area contributed by atoms with Crippen LogP contribution in [-0.4, -0.2) is 29.0 Å². The van der Waals surface area contributed by atoms with E-state index in [1.54, 1.807) is 0 Å². The second-order valence-electron chi connectivity index (χ2n) is 5.75. The van der Waals surface area contributed by atoms with E-state index in [-0.39, 0.29) is 6.10 Å². The van der Waals surface area contributed by atoms with Gasteiger partial charge in [-0.2, -0.15) is 5.10 Å². The molecule has 0 aromatic carbocycles. The predicted octanol–water partition coefficient (Wildman–Crippen LogP) is 2.54. The molecular formula is C14H25N3O. The lowest BCUT2D eigenvalue weighted by Crippen LogP contribution is -2.30. The average Bonchev–Trinajstić information content (AvgIpc) is 2.94. The van der Waals surface area contributed by atoms with E-state index in [1.807, 2.05) is 10.9 Å². The van der Waals surface area contributed by atoms with Crippen LogP contribution in [0.5, 0.6) is 0 Å². The van der Waals surface area contributed by atoms with Gasteiger partial charge in [0.15, 0.2) is 0 Å². The van der Waals surface area contributed by atoms with Crippen LogP contribution in [0.15, 0.2) is 12.4 Å². The van der Waals surface area contributed by atoms with Crippen molar-refractivity contribution in [3.63, 3.8) is 0 Å². The Morgan fingerprint density at radius 1 is 1.44 bits per heavy atom. The third kappa shape index (κ3) is 3.12. The maximum Gasteiger partial charge on any atom is 0.0896 e. The smallest absolute Gasteiger partial charge is 0.0896 e. The van der Waals surface area contributed by atoms with Crippen molar-refractivity contribution in [2.45, 2.75) is 52.3 Å². The fourth-order valence-electron chi connectivity index (χ4n) is 2.38. The maximum atomic E-state index is 5.88. The van der Waals surface area contributed by atoms with Gasteiger partial charge in [-0.1, -0.05) is 13.8 Å². The molecule has 1 aliphatic rings. The zero-order chi connectivity index (χ0) is 13.1. The number of nitrogens with zero attached hydrogens (tertiary/aromatic N) is 2. The van der Waals surface area contributed by atoms with Crippen LogP contribution in [-0.2, 0) is 4.74 Å². The molecule has 1 aliphatic heterocycles. The molecule has 102 valence electrons. The maximum absolute atomic E-state index is 5.88. The normalized spacial score (nSPS) is 24.3. The molecule has 2 unspecified atom stereocenters. The summed E-state index contributed by atoms with van der Waals surface area (Å²) in [6.45, 7) is 10.5. The molecule has 1 fully saturated rings. The quantitative estimate of drug-likeness (QED) is 0.874. The first kappa shape index (κ1) is 13.6. The van der Waals surface area contributed by atoms with Crippen LogP contribution in [0.3, 0.4) is 0 Å². The van der Waals surface area contributed by atoms with Gasteiger partial charge in [0.2, 0.25) is 0 Å². The Morgan fingerprint density at radius 2 is 2.22 bits per heavy atom. The number of aromatic nitrogens is 2. The molecule has 0 radical (unpaired) electrons. The molecule has 2 rings (SSSR count). The van der Waals surface area contributed by atoms with Gasteiger partial charge in [-0.05, 0) is 20.3 Å². The molecule has 18 heavy (non-hydrogen) atoms. The zero-order valence-electron chi connectivity index (χ0n) is 11.9. The third-order valence-electron chi connectivity index (χ3n) is 3.48. The Balaban J connectivity index is 2.01. The summed E-state index contributed by atoms with van der Waals surface area (Å²) < 4.78 is 7.89. The first-order valence-electron chi connectivity index (χ1n) is 6.97. The largest absolute Gasteiger partial charge is 0.373 e. The lowest BCUT2D eigenvalue weighted by atomic mass is 9.97. The van der Waals surface area contributed by atoms with E-state index in [2.05, 4.69) is 44.3 Å². The molecular weight excluding hydrogens is 226 g/mol. The fourth-order valence-corrected chi connectivity index (χ4v) is 2.38. The molecule has 4 nitrogen and oxygen atoms in total. The topological polar surface area (TPSA) is 39.1 Å². The highest BCUT2D eigenvalue weighted by Crippen LogP contribution is 2.34. The van der Waals surface area contributed by atoms with Crippen LogP contribution in [0, 0.1) is 5.92 Å². The van der Waals surface area contributed by atoms with E-state index < -0.39 is 0 Å². The van der Waals surface area contributed by atoms with E-state index in [4.69, 9.17) is 4.74 Å². The van der Waals surface area contributed by atoms with Crippen molar-refractivity contribution in [3.8, 4) is 0 Å². The SMILES string of the molecule is CC(C)NCC1CCOC1c1cnn(C(C)C)c1. The summed E-state index contributed by atoms with van der Waals surface area (Å²) in [6, 6.07) is 0.942. The van der Waals surface area contributed by atoms with Crippen molar-refractivity contribution in [1.82, 2.24) is 15.1 Å². The van der Waals surface area contributed by atoms with E-state index >= 15 is 0 Å². The average molecular weight is 251 g/mol. The molecule has 2 atom stereocenters. The Hall–Kier alpha value is -0.870. The highest BCUT2D eigenvalue weighted by Gasteiger charge is 2.30. The second-order valence-corrected chi connectivity index (χ2v) is 5.75. The molecule has 1 N–H and O–H groups in total. The number of ether oxygens (including phenoxy) is 1. The Kier molecular flexibility index (Phi) is 4.40. The van der Waals surface area contributed by atoms with Gasteiger partial charge in [0.05, 0.1) is 12.3 Å².